The summed E-state index contributed by atoms with van der Waals surface area (Å²) in [5.74, 6) is -1.55. The Labute approximate surface area is 178 Å². The molecule has 2 heterocycles. The standard InChI is InChI=1S/C22H23F2N5O2/c1-31-20-11-18-14(10-19(20)29-7-2-5-26-6-8-29)21(15(12-27-18)22(25)30)28-17-4-3-13(23)9-16(17)24/h3-4,9-12,26H,2,5-8H2,1H3,(H2,25,30)(H,27,28). The summed E-state index contributed by atoms with van der Waals surface area (Å²) in [6.07, 6.45) is 2.30. The molecule has 31 heavy (non-hydrogen) atoms. The molecule has 1 fully saturated rings. The number of halogens is 2. The van der Waals surface area contributed by atoms with Gasteiger partial charge >= 0.3 is 0 Å². The molecule has 0 spiro atoms. The van der Waals surface area contributed by atoms with Gasteiger partial charge in [0.2, 0.25) is 0 Å². The molecule has 4 N–H and O–H groups in total. The van der Waals surface area contributed by atoms with E-state index in [0.29, 0.717) is 22.3 Å². The SMILES string of the molecule is COc1cc2ncc(C(N)=O)c(Nc3ccc(F)cc3F)c2cc1N1CCCNCC1. The Balaban J connectivity index is 1.90. The molecular weight excluding hydrogens is 404 g/mol. The number of carbonyl (C=O) groups excluding carboxylic acids is 1. The predicted molar refractivity (Wildman–Crippen MR) is 116 cm³/mol. The molecule has 0 saturated carbocycles. The number of pyridine rings is 1. The molecule has 7 nitrogen and oxygen atoms in total. The highest BCUT2D eigenvalue weighted by molar-refractivity contribution is 6.08. The largest absolute Gasteiger partial charge is 0.495 e. The normalized spacial score (nSPS) is 14.4. The van der Waals surface area contributed by atoms with Crippen molar-refractivity contribution in [1.82, 2.24) is 10.3 Å². The molecule has 0 unspecified atom stereocenters. The number of methoxy groups -OCH3 is 1. The highest BCUT2D eigenvalue weighted by Gasteiger charge is 2.20. The molecule has 1 saturated heterocycles. The van der Waals surface area contributed by atoms with E-state index < -0.39 is 17.5 Å². The van der Waals surface area contributed by atoms with Crippen molar-refractivity contribution in [2.24, 2.45) is 5.73 Å². The van der Waals surface area contributed by atoms with Crippen molar-refractivity contribution in [3.8, 4) is 5.75 Å². The van der Waals surface area contributed by atoms with Crippen LogP contribution in [-0.4, -0.2) is 44.2 Å². The van der Waals surface area contributed by atoms with Gasteiger partial charge < -0.3 is 26.0 Å². The number of anilines is 3. The maximum atomic E-state index is 14.3. The van der Waals surface area contributed by atoms with Gasteiger partial charge in [-0.3, -0.25) is 9.78 Å². The Morgan fingerprint density at radius 2 is 2.06 bits per heavy atom. The molecule has 3 aromatic rings. The van der Waals surface area contributed by atoms with Gasteiger partial charge in [0.25, 0.3) is 5.91 Å². The molecule has 0 radical (unpaired) electrons. The number of benzene rings is 2. The van der Waals surface area contributed by atoms with E-state index in [-0.39, 0.29) is 11.3 Å². The number of fused-ring (bicyclic) bond motifs is 1. The van der Waals surface area contributed by atoms with Crippen molar-refractivity contribution in [3.63, 3.8) is 0 Å². The van der Waals surface area contributed by atoms with Crippen molar-refractivity contribution >= 4 is 33.9 Å². The van der Waals surface area contributed by atoms with E-state index in [1.165, 1.54) is 12.3 Å². The minimum Gasteiger partial charge on any atom is -0.495 e. The molecule has 162 valence electrons. The zero-order valence-corrected chi connectivity index (χ0v) is 17.0. The molecule has 0 atom stereocenters. The third-order valence-corrected chi connectivity index (χ3v) is 5.31. The third kappa shape index (κ3) is 4.22. The molecule has 9 heteroatoms. The zero-order valence-electron chi connectivity index (χ0n) is 17.0. The van der Waals surface area contributed by atoms with Crippen LogP contribution in [0.5, 0.6) is 5.75 Å². The van der Waals surface area contributed by atoms with E-state index in [1.807, 2.05) is 6.07 Å². The lowest BCUT2D eigenvalue weighted by Gasteiger charge is -2.25. The predicted octanol–water partition coefficient (Wildman–Crippen LogP) is 3.16. The number of hydrogen-bond acceptors (Lipinski definition) is 6. The van der Waals surface area contributed by atoms with Gasteiger partial charge in [-0.15, -0.1) is 0 Å². The quantitative estimate of drug-likeness (QED) is 0.579. The van der Waals surface area contributed by atoms with Crippen molar-refractivity contribution in [2.75, 3.05) is 43.5 Å². The number of ether oxygens (including phenoxy) is 1. The summed E-state index contributed by atoms with van der Waals surface area (Å²) in [5.41, 5.74) is 7.37. The highest BCUT2D eigenvalue weighted by Crippen LogP contribution is 2.38. The third-order valence-electron chi connectivity index (χ3n) is 5.31. The van der Waals surface area contributed by atoms with Crippen LogP contribution in [0, 0.1) is 11.6 Å². The topological polar surface area (TPSA) is 92.5 Å². The molecule has 1 amide bonds. The first-order valence-electron chi connectivity index (χ1n) is 9.96. The lowest BCUT2D eigenvalue weighted by atomic mass is 10.1. The number of rotatable bonds is 5. The van der Waals surface area contributed by atoms with E-state index in [0.717, 1.165) is 50.4 Å². The van der Waals surface area contributed by atoms with Crippen LogP contribution in [-0.2, 0) is 0 Å². The second-order valence-electron chi connectivity index (χ2n) is 7.29. The molecule has 2 aromatic carbocycles. The number of hydrogen-bond donors (Lipinski definition) is 3. The average Bonchev–Trinajstić information content (AvgIpc) is 3.04. The molecule has 1 aromatic heterocycles. The van der Waals surface area contributed by atoms with Crippen LogP contribution in [0.25, 0.3) is 10.9 Å². The maximum absolute atomic E-state index is 14.3. The Morgan fingerprint density at radius 3 is 2.81 bits per heavy atom. The number of nitrogens with one attached hydrogen (secondary N) is 2. The van der Waals surface area contributed by atoms with E-state index in [4.69, 9.17) is 10.5 Å². The highest BCUT2D eigenvalue weighted by atomic mass is 19.1. The van der Waals surface area contributed by atoms with Crippen LogP contribution in [0.1, 0.15) is 16.8 Å². The fourth-order valence-corrected chi connectivity index (χ4v) is 3.75. The molecule has 1 aliphatic heterocycles. The number of amides is 1. The van der Waals surface area contributed by atoms with Gasteiger partial charge in [0.05, 0.1) is 35.3 Å². The fourth-order valence-electron chi connectivity index (χ4n) is 3.75. The van der Waals surface area contributed by atoms with Crippen LogP contribution in [0.4, 0.5) is 25.8 Å². The maximum Gasteiger partial charge on any atom is 0.252 e. The first-order chi connectivity index (χ1) is 15.0. The van der Waals surface area contributed by atoms with Crippen LogP contribution in [0.15, 0.2) is 36.5 Å². The summed E-state index contributed by atoms with van der Waals surface area (Å²) in [5, 5.41) is 6.85. The van der Waals surface area contributed by atoms with E-state index >= 15 is 0 Å². The Morgan fingerprint density at radius 1 is 1.23 bits per heavy atom. The fraction of sp³-hybridized carbons (Fsp3) is 0.273. The molecule has 4 rings (SSSR count). The van der Waals surface area contributed by atoms with Crippen molar-refractivity contribution in [3.05, 3.63) is 53.7 Å². The number of nitrogens with two attached hydrogens (primary N) is 1. The lowest BCUT2D eigenvalue weighted by molar-refractivity contribution is 0.100. The van der Waals surface area contributed by atoms with E-state index in [2.05, 4.69) is 20.5 Å². The second kappa shape index (κ2) is 8.73. The summed E-state index contributed by atoms with van der Waals surface area (Å²) in [6.45, 7) is 3.36. The summed E-state index contributed by atoms with van der Waals surface area (Å²) in [6, 6.07) is 6.82. The first kappa shape index (κ1) is 20.8. The van der Waals surface area contributed by atoms with Crippen LogP contribution in [0.2, 0.25) is 0 Å². The Hall–Kier alpha value is -3.46. The van der Waals surface area contributed by atoms with Gasteiger partial charge in [0, 0.05) is 43.4 Å². The number of primary amides is 1. The van der Waals surface area contributed by atoms with Crippen LogP contribution in [0.3, 0.4) is 0 Å². The summed E-state index contributed by atoms with van der Waals surface area (Å²) < 4.78 is 33.3. The van der Waals surface area contributed by atoms with Gasteiger partial charge in [-0.05, 0) is 31.2 Å². The van der Waals surface area contributed by atoms with Crippen molar-refractivity contribution < 1.29 is 18.3 Å². The minimum atomic E-state index is -0.785. The van der Waals surface area contributed by atoms with Crippen LogP contribution >= 0.6 is 0 Å². The zero-order chi connectivity index (χ0) is 22.0. The summed E-state index contributed by atoms with van der Waals surface area (Å²) in [7, 11) is 1.59. The van der Waals surface area contributed by atoms with Crippen molar-refractivity contribution in [1.29, 1.82) is 0 Å². The molecule has 0 aliphatic carbocycles. The van der Waals surface area contributed by atoms with Crippen LogP contribution < -0.4 is 26.0 Å². The minimum absolute atomic E-state index is 0.0211. The van der Waals surface area contributed by atoms with Gasteiger partial charge in [-0.1, -0.05) is 0 Å². The number of aromatic nitrogens is 1. The van der Waals surface area contributed by atoms with E-state index in [1.54, 1.807) is 13.2 Å². The Kier molecular flexibility index (Phi) is 5.85. The second-order valence-corrected chi connectivity index (χ2v) is 7.29. The lowest BCUT2D eigenvalue weighted by Crippen LogP contribution is -2.28. The number of carbonyl (C=O) groups is 1. The van der Waals surface area contributed by atoms with Gasteiger partial charge in [-0.2, -0.15) is 0 Å². The molecular formula is C22H23F2N5O2. The molecule has 1 aliphatic rings. The smallest absolute Gasteiger partial charge is 0.252 e. The first-order valence-corrected chi connectivity index (χ1v) is 9.96. The summed E-state index contributed by atoms with van der Waals surface area (Å²) >= 11 is 0. The monoisotopic (exact) mass is 427 g/mol. The average molecular weight is 427 g/mol. The number of nitrogens with zero attached hydrogens (tertiary/aromatic N) is 2. The van der Waals surface area contributed by atoms with Gasteiger partial charge in [-0.25, -0.2) is 8.78 Å². The van der Waals surface area contributed by atoms with Gasteiger partial charge in [0.1, 0.15) is 17.4 Å². The Bertz CT molecular complexity index is 1130. The van der Waals surface area contributed by atoms with E-state index in [9.17, 15) is 13.6 Å². The van der Waals surface area contributed by atoms with Crippen molar-refractivity contribution in [2.45, 2.75) is 6.42 Å². The van der Waals surface area contributed by atoms with Gasteiger partial charge in [0.15, 0.2) is 0 Å². The summed E-state index contributed by atoms with van der Waals surface area (Å²) in [4.78, 5) is 18.6. The molecule has 0 bridgehead atoms.